The molecule has 0 aliphatic heterocycles. The molecule has 0 atom stereocenters. The van der Waals surface area contributed by atoms with Crippen molar-refractivity contribution in [3.63, 3.8) is 0 Å². The number of thiocarbonyl (C=S) groups is 1. The van der Waals surface area contributed by atoms with Crippen molar-refractivity contribution in [2.75, 3.05) is 5.75 Å². The van der Waals surface area contributed by atoms with Gasteiger partial charge in [-0.3, -0.25) is 0 Å². The highest BCUT2D eigenvalue weighted by atomic mass is 32.2. The second-order valence-electron chi connectivity index (χ2n) is 3.23. The van der Waals surface area contributed by atoms with Crippen molar-refractivity contribution in [1.29, 1.82) is 0 Å². The largest absolute Gasteiger partial charge is 0.108 e. The molecular weight excluding hydrogens is 240 g/mol. The lowest BCUT2D eigenvalue weighted by Crippen LogP contribution is -1.87. The Morgan fingerprint density at radius 3 is 2.60 bits per heavy atom. The standard InChI is InChI=1S/C12H16S3/c1-2-3-9-14-12(13)15-10-11-7-5-4-6-8-11/h4-8H,2-3,9-10H2,1H3. The predicted molar refractivity (Wildman–Crippen MR) is 77.7 cm³/mol. The van der Waals surface area contributed by atoms with E-state index in [2.05, 4.69) is 31.2 Å². The van der Waals surface area contributed by atoms with Crippen LogP contribution in [0.1, 0.15) is 25.3 Å². The first-order chi connectivity index (χ1) is 7.33. The molecule has 0 saturated heterocycles. The van der Waals surface area contributed by atoms with Gasteiger partial charge in [-0.05, 0) is 17.7 Å². The summed E-state index contributed by atoms with van der Waals surface area (Å²) in [5.41, 5.74) is 1.35. The number of hydrogen-bond acceptors (Lipinski definition) is 3. The van der Waals surface area contributed by atoms with Gasteiger partial charge in [0.15, 0.2) is 0 Å². The molecule has 0 radical (unpaired) electrons. The average molecular weight is 256 g/mol. The van der Waals surface area contributed by atoms with Crippen molar-refractivity contribution in [3.05, 3.63) is 35.9 Å². The fourth-order valence-electron chi connectivity index (χ4n) is 1.06. The van der Waals surface area contributed by atoms with Crippen LogP contribution in [0, 0.1) is 0 Å². The zero-order valence-electron chi connectivity index (χ0n) is 8.94. The van der Waals surface area contributed by atoms with E-state index >= 15 is 0 Å². The molecule has 0 aliphatic rings. The van der Waals surface area contributed by atoms with Gasteiger partial charge < -0.3 is 0 Å². The molecule has 0 unspecified atom stereocenters. The molecule has 0 spiro atoms. The summed E-state index contributed by atoms with van der Waals surface area (Å²) in [6.07, 6.45) is 2.51. The molecule has 15 heavy (non-hydrogen) atoms. The van der Waals surface area contributed by atoms with E-state index in [1.807, 2.05) is 17.8 Å². The molecule has 0 N–H and O–H groups in total. The van der Waals surface area contributed by atoms with Gasteiger partial charge in [-0.15, -0.1) is 23.5 Å². The number of rotatable bonds is 5. The van der Waals surface area contributed by atoms with E-state index in [0.717, 1.165) is 15.0 Å². The van der Waals surface area contributed by atoms with E-state index in [0.29, 0.717) is 0 Å². The maximum absolute atomic E-state index is 5.29. The Balaban J connectivity index is 2.17. The van der Waals surface area contributed by atoms with Gasteiger partial charge in [0.2, 0.25) is 0 Å². The molecule has 0 aliphatic carbocycles. The van der Waals surface area contributed by atoms with Crippen LogP contribution in [0.15, 0.2) is 30.3 Å². The van der Waals surface area contributed by atoms with Gasteiger partial charge in [-0.2, -0.15) is 0 Å². The lowest BCUT2D eigenvalue weighted by Gasteiger charge is -2.02. The van der Waals surface area contributed by atoms with Crippen LogP contribution in [-0.4, -0.2) is 9.28 Å². The normalized spacial score (nSPS) is 10.2. The van der Waals surface area contributed by atoms with Gasteiger partial charge >= 0.3 is 0 Å². The Bertz CT molecular complexity index is 282. The van der Waals surface area contributed by atoms with Crippen molar-refractivity contribution in [3.8, 4) is 0 Å². The Labute approximate surface area is 106 Å². The lowest BCUT2D eigenvalue weighted by molar-refractivity contribution is 0.898. The molecule has 0 heterocycles. The number of unbranched alkanes of at least 4 members (excludes halogenated alkanes) is 1. The minimum atomic E-state index is 0.999. The molecule has 1 aromatic carbocycles. The van der Waals surface area contributed by atoms with E-state index in [1.165, 1.54) is 18.4 Å². The van der Waals surface area contributed by atoms with E-state index in [-0.39, 0.29) is 0 Å². The molecule has 0 fully saturated rings. The van der Waals surface area contributed by atoms with E-state index in [4.69, 9.17) is 12.2 Å². The fourth-order valence-corrected chi connectivity index (χ4v) is 3.32. The summed E-state index contributed by atoms with van der Waals surface area (Å²) in [6.45, 7) is 2.21. The molecule has 3 heteroatoms. The first-order valence-corrected chi connectivity index (χ1v) is 7.54. The highest BCUT2D eigenvalue weighted by Crippen LogP contribution is 2.22. The molecule has 82 valence electrons. The summed E-state index contributed by atoms with van der Waals surface area (Å²) < 4.78 is 1.08. The Morgan fingerprint density at radius 2 is 1.93 bits per heavy atom. The Kier molecular flexibility index (Phi) is 7.14. The van der Waals surface area contributed by atoms with Gasteiger partial charge in [-0.1, -0.05) is 55.9 Å². The maximum atomic E-state index is 5.29. The molecule has 0 nitrogen and oxygen atoms in total. The summed E-state index contributed by atoms with van der Waals surface area (Å²) in [4.78, 5) is 0. The third-order valence-corrected chi connectivity index (χ3v) is 4.77. The number of hydrogen-bond donors (Lipinski definition) is 0. The van der Waals surface area contributed by atoms with Crippen molar-refractivity contribution < 1.29 is 0 Å². The van der Waals surface area contributed by atoms with E-state index < -0.39 is 0 Å². The van der Waals surface area contributed by atoms with Crippen LogP contribution in [0.25, 0.3) is 0 Å². The molecule has 0 amide bonds. The first-order valence-electron chi connectivity index (χ1n) is 5.16. The lowest BCUT2D eigenvalue weighted by atomic mass is 10.2. The van der Waals surface area contributed by atoms with Gasteiger partial charge in [0.05, 0.1) is 0 Å². The fraction of sp³-hybridized carbons (Fsp3) is 0.417. The molecule has 0 aromatic heterocycles. The number of benzene rings is 1. The highest BCUT2D eigenvalue weighted by molar-refractivity contribution is 8.46. The second-order valence-corrected chi connectivity index (χ2v) is 6.50. The molecule has 1 aromatic rings. The van der Waals surface area contributed by atoms with Crippen LogP contribution in [0.2, 0.25) is 0 Å². The molecule has 0 bridgehead atoms. The van der Waals surface area contributed by atoms with Crippen LogP contribution in [0.4, 0.5) is 0 Å². The van der Waals surface area contributed by atoms with Gasteiger partial charge in [0.1, 0.15) is 3.53 Å². The topological polar surface area (TPSA) is 0 Å². The van der Waals surface area contributed by atoms with Crippen LogP contribution in [0.5, 0.6) is 0 Å². The van der Waals surface area contributed by atoms with Crippen LogP contribution in [0.3, 0.4) is 0 Å². The average Bonchev–Trinajstić information content (AvgIpc) is 2.28. The molecule has 1 rings (SSSR count). The van der Waals surface area contributed by atoms with Crippen molar-refractivity contribution in [2.24, 2.45) is 0 Å². The summed E-state index contributed by atoms with van der Waals surface area (Å²) in [6, 6.07) is 10.5. The van der Waals surface area contributed by atoms with Gasteiger partial charge in [-0.25, -0.2) is 0 Å². The highest BCUT2D eigenvalue weighted by Gasteiger charge is 1.99. The summed E-state index contributed by atoms with van der Waals surface area (Å²) in [5, 5.41) is 0. The smallest absolute Gasteiger partial charge is 0.104 e. The Hall–Kier alpha value is 0.01000. The third kappa shape index (κ3) is 6.23. The quantitative estimate of drug-likeness (QED) is 0.552. The minimum Gasteiger partial charge on any atom is -0.108 e. The third-order valence-electron chi connectivity index (χ3n) is 1.92. The van der Waals surface area contributed by atoms with E-state index in [9.17, 15) is 0 Å². The second kappa shape index (κ2) is 8.20. The first kappa shape index (κ1) is 13.1. The summed E-state index contributed by atoms with van der Waals surface area (Å²) in [5.74, 6) is 2.16. The zero-order chi connectivity index (χ0) is 10.9. The predicted octanol–water partition coefficient (Wildman–Crippen LogP) is 4.74. The van der Waals surface area contributed by atoms with Crippen LogP contribution >= 0.6 is 35.7 Å². The molecular formula is C12H16S3. The van der Waals surface area contributed by atoms with Crippen molar-refractivity contribution in [2.45, 2.75) is 25.5 Å². The number of thioether (sulfide) groups is 2. The van der Waals surface area contributed by atoms with Gasteiger partial charge in [0.25, 0.3) is 0 Å². The van der Waals surface area contributed by atoms with E-state index in [1.54, 1.807) is 11.8 Å². The van der Waals surface area contributed by atoms with Crippen molar-refractivity contribution in [1.82, 2.24) is 0 Å². The van der Waals surface area contributed by atoms with Crippen LogP contribution < -0.4 is 0 Å². The van der Waals surface area contributed by atoms with Crippen LogP contribution in [-0.2, 0) is 5.75 Å². The zero-order valence-corrected chi connectivity index (χ0v) is 11.4. The summed E-state index contributed by atoms with van der Waals surface area (Å²) >= 11 is 8.88. The SMILES string of the molecule is CCCCSC(=S)SCc1ccccc1. The minimum absolute atomic E-state index is 0.999. The molecule has 0 saturated carbocycles. The maximum Gasteiger partial charge on any atom is 0.104 e. The van der Waals surface area contributed by atoms with Gasteiger partial charge in [0, 0.05) is 5.75 Å². The Morgan fingerprint density at radius 1 is 1.20 bits per heavy atom. The summed E-state index contributed by atoms with van der Waals surface area (Å²) in [7, 11) is 0. The monoisotopic (exact) mass is 256 g/mol. The van der Waals surface area contributed by atoms with Crippen molar-refractivity contribution >= 4 is 39.3 Å².